The van der Waals surface area contributed by atoms with Crippen LogP contribution in [-0.4, -0.2) is 24.9 Å². The molecule has 9 aromatic carbocycles. The zero-order valence-electron chi connectivity index (χ0n) is 34.8. The topological polar surface area (TPSA) is 64.5 Å². The van der Waals surface area contributed by atoms with Crippen molar-refractivity contribution in [1.29, 1.82) is 0 Å². The second-order valence-electron chi connectivity index (χ2n) is 15.6. The summed E-state index contributed by atoms with van der Waals surface area (Å²) >= 11 is 0. The van der Waals surface area contributed by atoms with Crippen LogP contribution in [0.1, 0.15) is 0 Å². The molecule has 0 saturated carbocycles. The molecule has 0 spiro atoms. The lowest BCUT2D eigenvalue weighted by atomic mass is 9.91. The number of hydrogen-bond donors (Lipinski definition) is 0. The highest BCUT2D eigenvalue weighted by Gasteiger charge is 2.19. The summed E-state index contributed by atoms with van der Waals surface area (Å²) in [6.07, 6.45) is 0. The van der Waals surface area contributed by atoms with Crippen LogP contribution in [0, 0.1) is 0 Å². The van der Waals surface area contributed by atoms with Gasteiger partial charge in [-0.05, 0) is 50.7 Å². The summed E-state index contributed by atoms with van der Waals surface area (Å²) in [5.74, 6) is 2.60. The fourth-order valence-corrected chi connectivity index (χ4v) is 8.39. The van der Waals surface area contributed by atoms with Gasteiger partial charge in [0.1, 0.15) is 0 Å². The molecule has 64 heavy (non-hydrogen) atoms. The minimum atomic E-state index is 0.628. The zero-order valence-corrected chi connectivity index (χ0v) is 34.8. The van der Waals surface area contributed by atoms with E-state index in [9.17, 15) is 0 Å². The third-order valence-electron chi connectivity index (χ3n) is 11.6. The van der Waals surface area contributed by atoms with Gasteiger partial charge in [0.25, 0.3) is 0 Å². The molecule has 2 heterocycles. The summed E-state index contributed by atoms with van der Waals surface area (Å²) in [6, 6.07) is 81.8. The maximum Gasteiger partial charge on any atom is 0.164 e. The van der Waals surface area contributed by atoms with Gasteiger partial charge in [-0.2, -0.15) is 0 Å². The molecule has 0 aliphatic carbocycles. The quantitative estimate of drug-likeness (QED) is 0.145. The van der Waals surface area contributed by atoms with Gasteiger partial charge in [0, 0.05) is 38.9 Å². The lowest BCUT2D eigenvalue weighted by Gasteiger charge is -2.15. The van der Waals surface area contributed by atoms with E-state index in [2.05, 4.69) is 140 Å². The van der Waals surface area contributed by atoms with Gasteiger partial charge in [-0.15, -0.1) is 0 Å². The van der Waals surface area contributed by atoms with Gasteiger partial charge in [-0.25, -0.2) is 24.9 Å². The second kappa shape index (κ2) is 17.0. The molecule has 300 valence electrons. The van der Waals surface area contributed by atoms with Gasteiger partial charge in [0.15, 0.2) is 23.3 Å². The van der Waals surface area contributed by atoms with Crippen molar-refractivity contribution >= 4 is 10.8 Å². The Morgan fingerprint density at radius 3 is 1.22 bits per heavy atom. The first-order chi connectivity index (χ1) is 31.7. The molecule has 0 saturated heterocycles. The maximum atomic E-state index is 5.14. The van der Waals surface area contributed by atoms with Gasteiger partial charge in [0.2, 0.25) is 0 Å². The Balaban J connectivity index is 0.956. The molecule has 0 unspecified atom stereocenters. The third kappa shape index (κ3) is 7.63. The van der Waals surface area contributed by atoms with Crippen molar-refractivity contribution in [1.82, 2.24) is 24.9 Å². The fourth-order valence-electron chi connectivity index (χ4n) is 8.39. The molecule has 0 amide bonds. The lowest BCUT2D eigenvalue weighted by Crippen LogP contribution is -2.01. The average molecular weight is 818 g/mol. The Labute approximate surface area is 372 Å². The van der Waals surface area contributed by atoms with Crippen LogP contribution in [0.25, 0.3) is 112 Å². The lowest BCUT2D eigenvalue weighted by molar-refractivity contribution is 1.07. The number of hydrogen-bond acceptors (Lipinski definition) is 5. The molecule has 5 nitrogen and oxygen atoms in total. The third-order valence-corrected chi connectivity index (χ3v) is 11.6. The van der Waals surface area contributed by atoms with Crippen LogP contribution >= 0.6 is 0 Å². The van der Waals surface area contributed by atoms with Gasteiger partial charge in [-0.3, -0.25) is 0 Å². The minimum absolute atomic E-state index is 0.628. The van der Waals surface area contributed by atoms with E-state index in [0.717, 1.165) is 88.9 Å². The van der Waals surface area contributed by atoms with Crippen molar-refractivity contribution < 1.29 is 0 Å². The highest BCUT2D eigenvalue weighted by molar-refractivity contribution is 6.03. The monoisotopic (exact) mass is 817 g/mol. The number of fused-ring (bicyclic) bond motifs is 1. The van der Waals surface area contributed by atoms with E-state index in [-0.39, 0.29) is 0 Å². The summed E-state index contributed by atoms with van der Waals surface area (Å²) in [5.41, 5.74) is 14.3. The van der Waals surface area contributed by atoms with Gasteiger partial charge >= 0.3 is 0 Å². The van der Waals surface area contributed by atoms with Crippen LogP contribution in [0.5, 0.6) is 0 Å². The first-order valence-electron chi connectivity index (χ1n) is 21.4. The summed E-state index contributed by atoms with van der Waals surface area (Å²) < 4.78 is 0. The minimum Gasteiger partial charge on any atom is -0.228 e. The molecular weight excluding hydrogens is 779 g/mol. The predicted molar refractivity (Wildman–Crippen MR) is 262 cm³/mol. The first kappa shape index (κ1) is 38.3. The number of nitrogens with zero attached hydrogens (tertiary/aromatic N) is 5. The molecule has 0 fully saturated rings. The van der Waals surface area contributed by atoms with E-state index in [1.54, 1.807) is 0 Å². The Kier molecular flexibility index (Phi) is 10.2. The van der Waals surface area contributed by atoms with Crippen molar-refractivity contribution in [2.45, 2.75) is 0 Å². The highest BCUT2D eigenvalue weighted by atomic mass is 15.0. The Morgan fingerprint density at radius 1 is 0.219 bits per heavy atom. The summed E-state index contributed by atoms with van der Waals surface area (Å²) in [5, 5.41) is 2.28. The van der Waals surface area contributed by atoms with E-state index >= 15 is 0 Å². The molecular formula is C59H39N5. The fraction of sp³-hybridized carbons (Fsp3) is 0. The Hall–Kier alpha value is -8.67. The molecule has 11 rings (SSSR count). The van der Waals surface area contributed by atoms with Crippen LogP contribution in [0.3, 0.4) is 0 Å². The maximum absolute atomic E-state index is 5.14. The summed E-state index contributed by atoms with van der Waals surface area (Å²) in [6.45, 7) is 0. The van der Waals surface area contributed by atoms with E-state index in [0.29, 0.717) is 23.3 Å². The van der Waals surface area contributed by atoms with Crippen LogP contribution in [0.15, 0.2) is 237 Å². The highest BCUT2D eigenvalue weighted by Crippen LogP contribution is 2.40. The molecule has 0 bridgehead atoms. The molecule has 0 radical (unpaired) electrons. The molecule has 0 aliphatic rings. The van der Waals surface area contributed by atoms with Gasteiger partial charge in [-0.1, -0.05) is 224 Å². The first-order valence-corrected chi connectivity index (χ1v) is 21.4. The smallest absolute Gasteiger partial charge is 0.164 e. The largest absolute Gasteiger partial charge is 0.228 e. The SMILES string of the molecule is c1ccc(-c2cc(-c3ccccc3-c3ccc(-c4ccc(-c5c(-c6nc(-c7ccccc7)nc(-c7ccccc7)n6)ccc6ccccc56)cc4)cc3)nc(-c3ccccc3)n2)cc1. The van der Waals surface area contributed by atoms with Gasteiger partial charge < -0.3 is 0 Å². The van der Waals surface area contributed by atoms with Crippen LogP contribution in [0.4, 0.5) is 0 Å². The van der Waals surface area contributed by atoms with Crippen molar-refractivity contribution in [3.63, 3.8) is 0 Å². The van der Waals surface area contributed by atoms with E-state index in [4.69, 9.17) is 24.9 Å². The molecule has 5 heteroatoms. The molecule has 2 aromatic heterocycles. The van der Waals surface area contributed by atoms with Crippen molar-refractivity contribution in [2.24, 2.45) is 0 Å². The van der Waals surface area contributed by atoms with E-state index in [1.165, 1.54) is 0 Å². The van der Waals surface area contributed by atoms with Crippen LogP contribution in [0.2, 0.25) is 0 Å². The normalized spacial score (nSPS) is 11.1. The van der Waals surface area contributed by atoms with Crippen molar-refractivity contribution in [2.75, 3.05) is 0 Å². The second-order valence-corrected chi connectivity index (χ2v) is 15.6. The van der Waals surface area contributed by atoms with E-state index in [1.807, 2.05) is 97.1 Å². The number of rotatable bonds is 9. The Morgan fingerprint density at radius 2 is 0.641 bits per heavy atom. The predicted octanol–water partition coefficient (Wildman–Crippen LogP) is 14.8. The molecule has 0 atom stereocenters. The average Bonchev–Trinajstić information content (AvgIpc) is 3.39. The number of benzene rings is 9. The van der Waals surface area contributed by atoms with Gasteiger partial charge in [0.05, 0.1) is 11.4 Å². The van der Waals surface area contributed by atoms with E-state index < -0.39 is 0 Å². The van der Waals surface area contributed by atoms with Crippen LogP contribution in [-0.2, 0) is 0 Å². The summed E-state index contributed by atoms with van der Waals surface area (Å²) in [7, 11) is 0. The molecule has 11 aromatic rings. The summed E-state index contributed by atoms with van der Waals surface area (Å²) in [4.78, 5) is 25.4. The number of aromatic nitrogens is 5. The zero-order chi connectivity index (χ0) is 42.7. The van der Waals surface area contributed by atoms with Crippen molar-refractivity contribution in [3.8, 4) is 101 Å². The standard InChI is InChI=1S/C59H39N5/c1-5-18-44(19-6-1)53-39-54(61-56(60-53)46-20-7-2-8-21-46)51-28-16-15-26-49(51)43-33-29-40(30-34-43)41-31-35-45(36-32-41)55-50-27-14-13-17-42(50)37-38-52(55)59-63-57(47-22-9-3-10-23-47)62-58(64-59)48-24-11-4-12-25-48/h1-39H. The molecule has 0 aliphatic heterocycles. The Bertz CT molecular complexity index is 3280. The van der Waals surface area contributed by atoms with Crippen LogP contribution < -0.4 is 0 Å². The van der Waals surface area contributed by atoms with Crippen molar-refractivity contribution in [3.05, 3.63) is 237 Å². The molecule has 0 N–H and O–H groups in total.